The van der Waals surface area contributed by atoms with Gasteiger partial charge in [0.05, 0.1) is 26.4 Å². The van der Waals surface area contributed by atoms with Crippen LogP contribution in [0.3, 0.4) is 0 Å². The van der Waals surface area contributed by atoms with Crippen LogP contribution in [0.2, 0.25) is 0 Å². The average molecular weight is 158 g/mol. The van der Waals surface area contributed by atoms with Gasteiger partial charge in [-0.25, -0.2) is 0 Å². The second-order valence-corrected chi connectivity index (χ2v) is 1.22. The molecule has 1 rings (SSSR count). The van der Waals surface area contributed by atoms with Crippen LogP contribution in [-0.4, -0.2) is 46.2 Å². The quantitative estimate of drug-likeness (QED) is 0.448. The molecule has 1 heterocycles. The summed E-state index contributed by atoms with van der Waals surface area (Å²) < 4.78 is 9.89. The van der Waals surface area contributed by atoms with Crippen LogP contribution in [0.15, 0.2) is 0 Å². The van der Waals surface area contributed by atoms with Gasteiger partial charge < -0.3 is 9.47 Å². The number of hydrogen-bond acceptors (Lipinski definition) is 2. The van der Waals surface area contributed by atoms with Crippen molar-refractivity contribution in [3.05, 3.63) is 0 Å². The minimum Gasteiger partial charge on any atom is -0.377 e. The fourth-order valence-corrected chi connectivity index (χ4v) is 0.440. The number of rotatable bonds is 0. The van der Waals surface area contributed by atoms with E-state index in [4.69, 9.17) is 9.47 Å². The van der Waals surface area contributed by atoms with Crippen molar-refractivity contribution >= 4 is 19.8 Å². The average Bonchev–Trinajstić information content (AvgIpc) is 1.72. The Morgan fingerprint density at radius 2 is 1.00 bits per heavy atom. The van der Waals surface area contributed by atoms with Gasteiger partial charge in [-0.2, -0.15) is 0 Å². The maximum Gasteiger partial charge on any atom is 0.0701 e. The largest absolute Gasteiger partial charge is 0.377 e. The third kappa shape index (κ3) is 3.17. The van der Waals surface area contributed by atoms with E-state index in [1.54, 1.807) is 0 Å². The molecule has 0 aromatic carbocycles. The Kier molecular flexibility index (Phi) is 5.08. The van der Waals surface area contributed by atoms with Gasteiger partial charge in [0.25, 0.3) is 0 Å². The van der Waals surface area contributed by atoms with Crippen LogP contribution in [0.1, 0.15) is 0 Å². The fourth-order valence-electron chi connectivity index (χ4n) is 0.440. The van der Waals surface area contributed by atoms with Gasteiger partial charge in [0.15, 0.2) is 0 Å². The van der Waals surface area contributed by atoms with E-state index in [0.717, 1.165) is 26.4 Å². The summed E-state index contributed by atoms with van der Waals surface area (Å²) in [7, 11) is 0. The van der Waals surface area contributed by atoms with E-state index in [2.05, 4.69) is 0 Å². The molecule has 0 spiro atoms. The topological polar surface area (TPSA) is 18.5 Å². The maximum absolute atomic E-state index is 4.94. The number of ether oxygens (including phenoxy) is 2. The van der Waals surface area contributed by atoms with Crippen molar-refractivity contribution in [2.24, 2.45) is 0 Å². The Balaban J connectivity index is 0.000000360. The van der Waals surface area contributed by atoms with Crippen LogP contribution in [0, 0.1) is 0 Å². The molecule has 1 aliphatic rings. The van der Waals surface area contributed by atoms with Crippen molar-refractivity contribution in [2.75, 3.05) is 26.4 Å². The standard InChI is InChI=1S/C4H8O2.Ga/c1-2-6-4-3-5-1;/h1-4H2;. The van der Waals surface area contributed by atoms with Crippen LogP contribution in [-0.2, 0) is 9.47 Å². The number of hydrogen-bond donors (Lipinski definition) is 0. The van der Waals surface area contributed by atoms with Crippen molar-refractivity contribution in [1.82, 2.24) is 0 Å². The summed E-state index contributed by atoms with van der Waals surface area (Å²) >= 11 is 0. The summed E-state index contributed by atoms with van der Waals surface area (Å²) in [6, 6.07) is 0. The first-order valence-electron chi connectivity index (χ1n) is 2.15. The van der Waals surface area contributed by atoms with Crippen molar-refractivity contribution in [3.63, 3.8) is 0 Å². The van der Waals surface area contributed by atoms with Gasteiger partial charge in [0.1, 0.15) is 0 Å². The van der Waals surface area contributed by atoms with Crippen molar-refractivity contribution in [2.45, 2.75) is 0 Å². The predicted molar refractivity (Wildman–Crippen MR) is 27.4 cm³/mol. The summed E-state index contributed by atoms with van der Waals surface area (Å²) in [6.45, 7) is 3.11. The Morgan fingerprint density at radius 3 is 1.14 bits per heavy atom. The van der Waals surface area contributed by atoms with Crippen molar-refractivity contribution < 1.29 is 9.47 Å². The molecule has 0 saturated carbocycles. The molecule has 39 valence electrons. The Bertz CT molecular complexity index is 25.2. The van der Waals surface area contributed by atoms with E-state index in [9.17, 15) is 0 Å². The van der Waals surface area contributed by atoms with Gasteiger partial charge >= 0.3 is 0 Å². The van der Waals surface area contributed by atoms with Gasteiger partial charge in [-0.05, 0) is 0 Å². The molecule has 3 heteroatoms. The molecule has 3 radical (unpaired) electrons. The normalized spacial score (nSPS) is 20.6. The SMILES string of the molecule is C1COCCO1.[Ga]. The van der Waals surface area contributed by atoms with Gasteiger partial charge in [-0.3, -0.25) is 0 Å². The molecule has 0 unspecified atom stereocenters. The van der Waals surface area contributed by atoms with Crippen LogP contribution in [0.5, 0.6) is 0 Å². The third-order valence-corrected chi connectivity index (χ3v) is 0.744. The Labute approximate surface area is 56.2 Å². The maximum atomic E-state index is 4.94. The first-order valence-corrected chi connectivity index (χ1v) is 2.15. The molecule has 0 aromatic heterocycles. The molecule has 2 nitrogen and oxygen atoms in total. The molecule has 0 aromatic rings. The van der Waals surface area contributed by atoms with Gasteiger partial charge in [-0.1, -0.05) is 0 Å². The van der Waals surface area contributed by atoms with Crippen LogP contribution < -0.4 is 0 Å². The molecule has 0 bridgehead atoms. The van der Waals surface area contributed by atoms with Crippen LogP contribution in [0.4, 0.5) is 0 Å². The minimum atomic E-state index is 0. The van der Waals surface area contributed by atoms with E-state index < -0.39 is 0 Å². The molecule has 7 heavy (non-hydrogen) atoms. The fraction of sp³-hybridized carbons (Fsp3) is 1.00. The minimum absolute atomic E-state index is 0. The summed E-state index contributed by atoms with van der Waals surface area (Å²) in [5, 5.41) is 0. The zero-order chi connectivity index (χ0) is 4.24. The van der Waals surface area contributed by atoms with Crippen LogP contribution in [0.25, 0.3) is 0 Å². The summed E-state index contributed by atoms with van der Waals surface area (Å²) in [5.41, 5.74) is 0. The van der Waals surface area contributed by atoms with Crippen molar-refractivity contribution in [1.29, 1.82) is 0 Å². The molecule has 0 N–H and O–H groups in total. The van der Waals surface area contributed by atoms with E-state index in [1.165, 1.54) is 0 Å². The zero-order valence-electron chi connectivity index (χ0n) is 4.22. The second kappa shape index (κ2) is 4.71. The van der Waals surface area contributed by atoms with E-state index >= 15 is 0 Å². The van der Waals surface area contributed by atoms with E-state index in [0.29, 0.717) is 0 Å². The molecular weight excluding hydrogens is 150 g/mol. The first-order chi connectivity index (χ1) is 3.00. The Hall–Kier alpha value is 0.556. The van der Waals surface area contributed by atoms with Crippen molar-refractivity contribution in [3.8, 4) is 0 Å². The van der Waals surface area contributed by atoms with Crippen LogP contribution >= 0.6 is 0 Å². The van der Waals surface area contributed by atoms with Gasteiger partial charge in [0.2, 0.25) is 0 Å². The zero-order valence-corrected chi connectivity index (χ0v) is 6.64. The molecule has 1 aliphatic heterocycles. The van der Waals surface area contributed by atoms with E-state index in [-0.39, 0.29) is 19.8 Å². The smallest absolute Gasteiger partial charge is 0.0701 e. The predicted octanol–water partition coefficient (Wildman–Crippen LogP) is -0.348. The summed E-state index contributed by atoms with van der Waals surface area (Å²) in [4.78, 5) is 0. The van der Waals surface area contributed by atoms with E-state index in [1.807, 2.05) is 0 Å². The van der Waals surface area contributed by atoms with Gasteiger partial charge in [-0.15, -0.1) is 0 Å². The molecular formula is C4H8GaO2. The molecule has 1 fully saturated rings. The summed E-state index contributed by atoms with van der Waals surface area (Å²) in [5.74, 6) is 0. The molecule has 0 aliphatic carbocycles. The summed E-state index contributed by atoms with van der Waals surface area (Å²) in [6.07, 6.45) is 0. The monoisotopic (exact) mass is 157 g/mol. The first kappa shape index (κ1) is 7.56. The molecule has 0 atom stereocenters. The Morgan fingerprint density at radius 1 is 0.714 bits per heavy atom. The third-order valence-electron chi connectivity index (χ3n) is 0.744. The van der Waals surface area contributed by atoms with Gasteiger partial charge in [0, 0.05) is 19.8 Å². The second-order valence-electron chi connectivity index (χ2n) is 1.22. The molecule has 0 amide bonds. The molecule has 1 saturated heterocycles.